The maximum absolute atomic E-state index is 12.8. The number of aromatic nitrogens is 1. The SMILES string of the molecule is O=C(Cn1c(=O)oc2ccccc21)N1CCN(C(=O)[C@H]2C[C@H]2c2cccs2)CC1. The van der Waals surface area contributed by atoms with Gasteiger partial charge in [-0.1, -0.05) is 18.2 Å². The van der Waals surface area contributed by atoms with E-state index in [9.17, 15) is 14.4 Å². The van der Waals surface area contributed by atoms with Crippen LogP contribution in [-0.4, -0.2) is 52.4 Å². The van der Waals surface area contributed by atoms with Crippen molar-refractivity contribution in [3.8, 4) is 0 Å². The monoisotopic (exact) mass is 411 g/mol. The molecule has 0 radical (unpaired) electrons. The number of fused-ring (bicyclic) bond motifs is 1. The van der Waals surface area contributed by atoms with Gasteiger partial charge in [0.15, 0.2) is 5.58 Å². The molecule has 8 heteroatoms. The van der Waals surface area contributed by atoms with Crippen molar-refractivity contribution in [2.24, 2.45) is 5.92 Å². The predicted molar refractivity (Wildman–Crippen MR) is 109 cm³/mol. The highest BCUT2D eigenvalue weighted by Gasteiger charge is 2.46. The van der Waals surface area contributed by atoms with E-state index in [0.717, 1.165) is 6.42 Å². The van der Waals surface area contributed by atoms with Gasteiger partial charge in [-0.25, -0.2) is 4.79 Å². The Morgan fingerprint density at radius 1 is 1.03 bits per heavy atom. The first-order valence-electron chi connectivity index (χ1n) is 9.80. The number of nitrogens with zero attached hydrogens (tertiary/aromatic N) is 3. The number of carbonyl (C=O) groups excluding carboxylic acids is 2. The number of thiophene rings is 1. The van der Waals surface area contributed by atoms with Crippen LogP contribution in [0.1, 0.15) is 17.2 Å². The van der Waals surface area contributed by atoms with E-state index < -0.39 is 5.76 Å². The lowest BCUT2D eigenvalue weighted by Crippen LogP contribution is -2.52. The standard InChI is InChI=1S/C21H21N3O4S/c25-19(13-24-16-4-1-2-5-17(16)28-21(24)27)22-7-9-23(10-8-22)20(26)15-12-14(15)18-6-3-11-29-18/h1-6,11,14-15H,7-10,12-13H2/t14-,15+/m1/s1. The Hall–Kier alpha value is -2.87. The molecule has 150 valence electrons. The number of hydrogen-bond donors (Lipinski definition) is 0. The molecule has 0 spiro atoms. The minimum atomic E-state index is -0.526. The van der Waals surface area contributed by atoms with E-state index in [1.54, 1.807) is 34.4 Å². The van der Waals surface area contributed by atoms with E-state index in [0.29, 0.717) is 43.2 Å². The topological polar surface area (TPSA) is 75.8 Å². The fraction of sp³-hybridized carbons (Fsp3) is 0.381. The van der Waals surface area contributed by atoms with Crippen molar-refractivity contribution in [3.63, 3.8) is 0 Å². The number of carbonyl (C=O) groups is 2. The van der Waals surface area contributed by atoms with E-state index in [1.165, 1.54) is 9.44 Å². The molecule has 3 heterocycles. The molecule has 3 aromatic rings. The molecule has 1 aliphatic carbocycles. The maximum atomic E-state index is 12.8. The molecule has 7 nitrogen and oxygen atoms in total. The molecule has 0 bridgehead atoms. The second kappa shape index (κ2) is 7.18. The van der Waals surface area contributed by atoms with Gasteiger partial charge in [0.1, 0.15) is 6.54 Å². The summed E-state index contributed by atoms with van der Waals surface area (Å²) < 4.78 is 6.56. The van der Waals surface area contributed by atoms with E-state index in [1.807, 2.05) is 22.4 Å². The van der Waals surface area contributed by atoms with Gasteiger partial charge in [-0.15, -0.1) is 11.3 Å². The largest absolute Gasteiger partial charge is 0.420 e. The van der Waals surface area contributed by atoms with Gasteiger partial charge in [-0.05, 0) is 30.0 Å². The minimum Gasteiger partial charge on any atom is -0.408 e. The number of amides is 2. The molecule has 2 amide bonds. The molecule has 1 saturated heterocycles. The number of hydrogen-bond acceptors (Lipinski definition) is 5. The number of para-hydroxylation sites is 2. The van der Waals surface area contributed by atoms with Crippen LogP contribution >= 0.6 is 11.3 Å². The summed E-state index contributed by atoms with van der Waals surface area (Å²) in [7, 11) is 0. The third kappa shape index (κ3) is 3.37. The summed E-state index contributed by atoms with van der Waals surface area (Å²) in [6, 6.07) is 11.2. The molecule has 5 rings (SSSR count). The van der Waals surface area contributed by atoms with Crippen LogP contribution < -0.4 is 5.76 Å². The van der Waals surface area contributed by atoms with Gasteiger partial charge in [0.05, 0.1) is 5.52 Å². The van der Waals surface area contributed by atoms with Crippen LogP contribution in [0.3, 0.4) is 0 Å². The van der Waals surface area contributed by atoms with Crippen molar-refractivity contribution in [2.45, 2.75) is 18.9 Å². The lowest BCUT2D eigenvalue weighted by molar-refractivity contribution is -0.140. The summed E-state index contributed by atoms with van der Waals surface area (Å²) in [5.41, 5.74) is 1.10. The molecular weight excluding hydrogens is 390 g/mol. The highest BCUT2D eigenvalue weighted by molar-refractivity contribution is 7.10. The van der Waals surface area contributed by atoms with Crippen LogP contribution in [-0.2, 0) is 16.1 Å². The molecule has 0 unspecified atom stereocenters. The van der Waals surface area contributed by atoms with Gasteiger partial charge in [0.2, 0.25) is 11.8 Å². The Labute approximate surface area is 171 Å². The van der Waals surface area contributed by atoms with E-state index in [2.05, 4.69) is 6.07 Å². The number of oxazole rings is 1. The molecule has 29 heavy (non-hydrogen) atoms. The Morgan fingerprint density at radius 2 is 1.79 bits per heavy atom. The van der Waals surface area contributed by atoms with Crippen LogP contribution in [0, 0.1) is 5.92 Å². The molecule has 2 atom stereocenters. The average molecular weight is 411 g/mol. The third-order valence-corrected chi connectivity index (χ3v) is 6.83. The van der Waals surface area contributed by atoms with Crippen molar-refractivity contribution in [3.05, 3.63) is 57.2 Å². The molecule has 2 aliphatic rings. The molecule has 2 aromatic heterocycles. The highest BCUT2D eigenvalue weighted by atomic mass is 32.1. The van der Waals surface area contributed by atoms with Crippen LogP contribution in [0.4, 0.5) is 0 Å². The second-order valence-electron chi connectivity index (χ2n) is 7.59. The fourth-order valence-corrected chi connectivity index (χ4v) is 5.00. The average Bonchev–Trinajstić information content (AvgIpc) is 3.22. The molecule has 1 saturated carbocycles. The van der Waals surface area contributed by atoms with Gasteiger partial charge in [0, 0.05) is 42.9 Å². The number of piperazine rings is 1. The molecule has 1 aliphatic heterocycles. The van der Waals surface area contributed by atoms with E-state index in [4.69, 9.17) is 4.42 Å². The minimum absolute atomic E-state index is 0.0487. The third-order valence-electron chi connectivity index (χ3n) is 5.83. The lowest BCUT2D eigenvalue weighted by Gasteiger charge is -2.35. The first-order valence-corrected chi connectivity index (χ1v) is 10.7. The van der Waals surface area contributed by atoms with E-state index >= 15 is 0 Å². The van der Waals surface area contributed by atoms with Crippen LogP contribution in [0.2, 0.25) is 0 Å². The Morgan fingerprint density at radius 3 is 2.55 bits per heavy atom. The van der Waals surface area contributed by atoms with Crippen molar-refractivity contribution < 1.29 is 14.0 Å². The molecule has 1 aromatic carbocycles. The maximum Gasteiger partial charge on any atom is 0.420 e. The zero-order valence-corrected chi connectivity index (χ0v) is 16.6. The van der Waals surface area contributed by atoms with Gasteiger partial charge in [0.25, 0.3) is 0 Å². The van der Waals surface area contributed by atoms with Gasteiger partial charge in [-0.3, -0.25) is 14.2 Å². The van der Waals surface area contributed by atoms with Crippen LogP contribution in [0.5, 0.6) is 0 Å². The summed E-state index contributed by atoms with van der Waals surface area (Å²) in [4.78, 5) is 42.4. The highest BCUT2D eigenvalue weighted by Crippen LogP contribution is 2.50. The quantitative estimate of drug-likeness (QED) is 0.659. The van der Waals surface area contributed by atoms with Gasteiger partial charge >= 0.3 is 5.76 Å². The predicted octanol–water partition coefficient (Wildman–Crippen LogP) is 2.13. The number of benzene rings is 1. The second-order valence-corrected chi connectivity index (χ2v) is 8.57. The lowest BCUT2D eigenvalue weighted by atomic mass is 10.2. The summed E-state index contributed by atoms with van der Waals surface area (Å²) in [6.07, 6.45) is 0.926. The first kappa shape index (κ1) is 18.2. The van der Waals surface area contributed by atoms with Crippen LogP contribution in [0.15, 0.2) is 51.0 Å². The smallest absolute Gasteiger partial charge is 0.408 e. The molecular formula is C21H21N3O4S. The van der Waals surface area contributed by atoms with Crippen LogP contribution in [0.25, 0.3) is 11.1 Å². The van der Waals surface area contributed by atoms with Crippen molar-refractivity contribution >= 4 is 34.3 Å². The normalized spacial score (nSPS) is 21.5. The van der Waals surface area contributed by atoms with E-state index in [-0.39, 0.29) is 24.3 Å². The van der Waals surface area contributed by atoms with Gasteiger partial charge in [-0.2, -0.15) is 0 Å². The Kier molecular flexibility index (Phi) is 4.50. The summed E-state index contributed by atoms with van der Waals surface area (Å²) >= 11 is 1.71. The summed E-state index contributed by atoms with van der Waals surface area (Å²) in [5.74, 6) is -0.00178. The van der Waals surface area contributed by atoms with Crippen molar-refractivity contribution in [1.29, 1.82) is 0 Å². The summed E-state index contributed by atoms with van der Waals surface area (Å²) in [6.45, 7) is 2.02. The zero-order chi connectivity index (χ0) is 20.0. The fourth-order valence-electron chi connectivity index (χ4n) is 4.09. The Balaban J connectivity index is 1.18. The van der Waals surface area contributed by atoms with Crippen molar-refractivity contribution in [1.82, 2.24) is 14.4 Å². The summed E-state index contributed by atoms with van der Waals surface area (Å²) in [5, 5.41) is 2.05. The first-order chi connectivity index (χ1) is 14.1. The zero-order valence-electron chi connectivity index (χ0n) is 15.8. The van der Waals surface area contributed by atoms with Gasteiger partial charge < -0.3 is 14.2 Å². The molecule has 0 N–H and O–H groups in total. The Bertz CT molecular complexity index is 1110. The number of rotatable bonds is 4. The van der Waals surface area contributed by atoms with Crippen molar-refractivity contribution in [2.75, 3.05) is 26.2 Å². The molecule has 2 fully saturated rings.